The zero-order valence-corrected chi connectivity index (χ0v) is 13.1. The Hall–Kier alpha value is -1.93. The Kier molecular flexibility index (Phi) is 4.59. The molecule has 0 saturated heterocycles. The molecule has 2 aromatic rings. The van der Waals surface area contributed by atoms with E-state index in [0.29, 0.717) is 0 Å². The fraction of sp³-hybridized carbons (Fsp3) is 0.385. The van der Waals surface area contributed by atoms with Crippen LogP contribution in [-0.2, 0) is 17.1 Å². The highest BCUT2D eigenvalue weighted by molar-refractivity contribution is 7.92. The summed E-state index contributed by atoms with van der Waals surface area (Å²) in [6.07, 6.45) is 1.29. The van der Waals surface area contributed by atoms with Gasteiger partial charge in [-0.1, -0.05) is 19.1 Å². The number of sulfonamides is 1. The minimum Gasteiger partial charge on any atom is -0.310 e. The standard InChI is InChI=1S/C13H19N5O2S/c1-4-14-10(2)11-5-7-12(8-6-11)21(19,20)17-13-15-9-16-18(13)3/h5-10,14H,4H2,1-3H3,(H,15,16,17). The van der Waals surface area contributed by atoms with Gasteiger partial charge in [-0.15, -0.1) is 0 Å². The van der Waals surface area contributed by atoms with Gasteiger partial charge in [0, 0.05) is 13.1 Å². The molecule has 7 nitrogen and oxygen atoms in total. The molecule has 0 saturated carbocycles. The molecule has 1 aromatic heterocycles. The number of rotatable bonds is 6. The Balaban J connectivity index is 2.19. The number of anilines is 1. The molecule has 0 aliphatic carbocycles. The topological polar surface area (TPSA) is 88.9 Å². The maximum Gasteiger partial charge on any atom is 0.264 e. The second-order valence-corrected chi connectivity index (χ2v) is 6.34. The summed E-state index contributed by atoms with van der Waals surface area (Å²) < 4.78 is 28.3. The predicted octanol–water partition coefficient (Wildman–Crippen LogP) is 1.29. The molecule has 0 spiro atoms. The maximum absolute atomic E-state index is 12.3. The smallest absolute Gasteiger partial charge is 0.264 e. The molecule has 1 atom stereocenters. The van der Waals surface area contributed by atoms with E-state index < -0.39 is 10.0 Å². The number of hydrogen-bond donors (Lipinski definition) is 2. The molecule has 2 N–H and O–H groups in total. The van der Waals surface area contributed by atoms with Crippen molar-refractivity contribution in [2.24, 2.45) is 7.05 Å². The third kappa shape index (κ3) is 3.59. The molecule has 0 amide bonds. The van der Waals surface area contributed by atoms with E-state index in [-0.39, 0.29) is 16.9 Å². The van der Waals surface area contributed by atoms with Gasteiger partial charge in [-0.3, -0.25) is 0 Å². The third-order valence-corrected chi connectivity index (χ3v) is 4.48. The fourth-order valence-corrected chi connectivity index (χ4v) is 2.96. The molecule has 0 fully saturated rings. The Morgan fingerprint density at radius 1 is 1.29 bits per heavy atom. The number of nitrogens with one attached hydrogen (secondary N) is 2. The first-order valence-corrected chi connectivity index (χ1v) is 8.12. The second-order valence-electron chi connectivity index (χ2n) is 4.66. The van der Waals surface area contributed by atoms with Gasteiger partial charge < -0.3 is 5.32 Å². The first-order chi connectivity index (χ1) is 9.94. The first kappa shape index (κ1) is 15.5. The lowest BCUT2D eigenvalue weighted by atomic mass is 10.1. The predicted molar refractivity (Wildman–Crippen MR) is 80.3 cm³/mol. The van der Waals surface area contributed by atoms with Crippen molar-refractivity contribution < 1.29 is 8.42 Å². The van der Waals surface area contributed by atoms with Crippen molar-refractivity contribution in [3.05, 3.63) is 36.2 Å². The van der Waals surface area contributed by atoms with Crippen molar-refractivity contribution in [1.82, 2.24) is 20.1 Å². The summed E-state index contributed by atoms with van der Waals surface area (Å²) in [6.45, 7) is 4.92. The maximum atomic E-state index is 12.3. The molecule has 1 aromatic carbocycles. The van der Waals surface area contributed by atoms with Crippen LogP contribution >= 0.6 is 0 Å². The van der Waals surface area contributed by atoms with Crippen molar-refractivity contribution in [3.8, 4) is 0 Å². The monoisotopic (exact) mass is 309 g/mol. The summed E-state index contributed by atoms with van der Waals surface area (Å²) in [4.78, 5) is 4.04. The van der Waals surface area contributed by atoms with Crippen LogP contribution in [0, 0.1) is 0 Å². The summed E-state index contributed by atoms with van der Waals surface area (Å²) in [5, 5.41) is 7.10. The molecule has 1 heterocycles. The molecule has 21 heavy (non-hydrogen) atoms. The summed E-state index contributed by atoms with van der Waals surface area (Å²) >= 11 is 0. The molecule has 1 unspecified atom stereocenters. The highest BCUT2D eigenvalue weighted by Crippen LogP contribution is 2.18. The molecular weight excluding hydrogens is 290 g/mol. The van der Waals surface area contributed by atoms with Crippen LogP contribution in [0.15, 0.2) is 35.5 Å². The Bertz CT molecular complexity index is 694. The summed E-state index contributed by atoms with van der Waals surface area (Å²) in [6, 6.07) is 6.96. The van der Waals surface area contributed by atoms with Gasteiger partial charge in [-0.05, 0) is 31.2 Å². The average Bonchev–Trinajstić information content (AvgIpc) is 2.84. The second kappa shape index (κ2) is 6.23. The van der Waals surface area contributed by atoms with Crippen molar-refractivity contribution in [3.63, 3.8) is 0 Å². The van der Waals surface area contributed by atoms with E-state index in [1.165, 1.54) is 11.0 Å². The van der Waals surface area contributed by atoms with E-state index in [1.807, 2.05) is 13.8 Å². The van der Waals surface area contributed by atoms with Gasteiger partial charge in [0.25, 0.3) is 10.0 Å². The number of aryl methyl sites for hydroxylation is 1. The van der Waals surface area contributed by atoms with Crippen LogP contribution in [-0.4, -0.2) is 29.7 Å². The SMILES string of the molecule is CCNC(C)c1ccc(S(=O)(=O)Nc2ncnn2C)cc1. The first-order valence-electron chi connectivity index (χ1n) is 6.64. The molecular formula is C13H19N5O2S. The normalized spacial score (nSPS) is 13.1. The van der Waals surface area contributed by atoms with E-state index in [9.17, 15) is 8.42 Å². The van der Waals surface area contributed by atoms with Gasteiger partial charge >= 0.3 is 0 Å². The van der Waals surface area contributed by atoms with E-state index >= 15 is 0 Å². The van der Waals surface area contributed by atoms with Crippen LogP contribution in [0.25, 0.3) is 0 Å². The van der Waals surface area contributed by atoms with Crippen LogP contribution in [0.1, 0.15) is 25.5 Å². The molecule has 0 aliphatic rings. The highest BCUT2D eigenvalue weighted by Gasteiger charge is 2.17. The summed E-state index contributed by atoms with van der Waals surface area (Å²) in [5.74, 6) is 0.181. The van der Waals surface area contributed by atoms with Crippen LogP contribution in [0.2, 0.25) is 0 Å². The van der Waals surface area contributed by atoms with Gasteiger partial charge in [-0.25, -0.2) is 17.8 Å². The fourth-order valence-electron chi connectivity index (χ4n) is 1.93. The molecule has 0 bridgehead atoms. The lowest BCUT2D eigenvalue weighted by Gasteiger charge is -2.13. The van der Waals surface area contributed by atoms with Gasteiger partial charge in [-0.2, -0.15) is 10.1 Å². The van der Waals surface area contributed by atoms with Crippen molar-refractivity contribution in [2.45, 2.75) is 24.8 Å². The molecule has 114 valence electrons. The average molecular weight is 309 g/mol. The Labute approximate surface area is 124 Å². The van der Waals surface area contributed by atoms with Gasteiger partial charge in [0.05, 0.1) is 4.90 Å². The van der Waals surface area contributed by atoms with Crippen molar-refractivity contribution in [2.75, 3.05) is 11.3 Å². The molecule has 2 rings (SSSR count). The lowest BCUT2D eigenvalue weighted by molar-refractivity contribution is 0.594. The van der Waals surface area contributed by atoms with E-state index in [2.05, 4.69) is 20.1 Å². The van der Waals surface area contributed by atoms with Crippen molar-refractivity contribution >= 4 is 16.0 Å². The number of benzene rings is 1. The number of nitrogens with zero attached hydrogens (tertiary/aromatic N) is 3. The molecule has 0 aliphatic heterocycles. The van der Waals surface area contributed by atoms with Crippen LogP contribution in [0.4, 0.5) is 5.95 Å². The van der Waals surface area contributed by atoms with Crippen LogP contribution in [0.5, 0.6) is 0 Å². The van der Waals surface area contributed by atoms with Crippen LogP contribution in [0.3, 0.4) is 0 Å². The van der Waals surface area contributed by atoms with E-state index in [4.69, 9.17) is 0 Å². The minimum atomic E-state index is -3.65. The largest absolute Gasteiger partial charge is 0.310 e. The van der Waals surface area contributed by atoms with Gasteiger partial charge in [0.2, 0.25) is 5.95 Å². The molecule has 0 radical (unpaired) electrons. The highest BCUT2D eigenvalue weighted by atomic mass is 32.2. The minimum absolute atomic E-state index is 0.179. The zero-order chi connectivity index (χ0) is 15.5. The quantitative estimate of drug-likeness (QED) is 0.839. The van der Waals surface area contributed by atoms with E-state index in [0.717, 1.165) is 12.1 Å². The van der Waals surface area contributed by atoms with Gasteiger partial charge in [0.1, 0.15) is 6.33 Å². The third-order valence-electron chi connectivity index (χ3n) is 3.14. The van der Waals surface area contributed by atoms with E-state index in [1.54, 1.807) is 31.3 Å². The zero-order valence-electron chi connectivity index (χ0n) is 12.2. The van der Waals surface area contributed by atoms with Crippen molar-refractivity contribution in [1.29, 1.82) is 0 Å². The van der Waals surface area contributed by atoms with Gasteiger partial charge in [0.15, 0.2) is 0 Å². The number of hydrogen-bond acceptors (Lipinski definition) is 5. The lowest BCUT2D eigenvalue weighted by Crippen LogP contribution is -2.18. The summed E-state index contributed by atoms with van der Waals surface area (Å²) in [7, 11) is -2.04. The Morgan fingerprint density at radius 3 is 2.48 bits per heavy atom. The Morgan fingerprint density at radius 2 is 1.95 bits per heavy atom. The van der Waals surface area contributed by atoms with Crippen LogP contribution < -0.4 is 10.0 Å². The summed E-state index contributed by atoms with van der Waals surface area (Å²) in [5.41, 5.74) is 1.04. The molecule has 8 heteroatoms. The number of aromatic nitrogens is 3.